The molecule has 2 fully saturated rings. The van der Waals surface area contributed by atoms with Gasteiger partial charge in [0.2, 0.25) is 16.9 Å². The van der Waals surface area contributed by atoms with Crippen LogP contribution in [0.3, 0.4) is 0 Å². The maximum absolute atomic E-state index is 12.3. The van der Waals surface area contributed by atoms with Crippen molar-refractivity contribution in [3.8, 4) is 0 Å². The maximum atomic E-state index is 12.3. The second-order valence-corrected chi connectivity index (χ2v) is 7.46. The lowest BCUT2D eigenvalue weighted by Crippen LogP contribution is -2.49. The van der Waals surface area contributed by atoms with Gasteiger partial charge in [-0.05, 0) is 39.2 Å². The van der Waals surface area contributed by atoms with Gasteiger partial charge in [-0.25, -0.2) is 0 Å². The molecule has 0 bridgehead atoms. The lowest BCUT2D eigenvalue weighted by molar-refractivity contribution is -0.130. The zero-order chi connectivity index (χ0) is 16.4. The SMILES string of the molecule is CC(=O)N1CCC[C@@H]1[C@H]1CCCN1CC(=O)Nc1nnc(C)s1. The van der Waals surface area contributed by atoms with Crippen molar-refractivity contribution in [2.75, 3.05) is 25.0 Å². The molecule has 0 saturated carbocycles. The van der Waals surface area contributed by atoms with Crippen molar-refractivity contribution in [2.45, 2.75) is 51.6 Å². The van der Waals surface area contributed by atoms with E-state index in [9.17, 15) is 9.59 Å². The highest BCUT2D eigenvalue weighted by atomic mass is 32.1. The summed E-state index contributed by atoms with van der Waals surface area (Å²) in [6, 6.07) is 0.551. The van der Waals surface area contributed by atoms with Gasteiger partial charge >= 0.3 is 0 Å². The van der Waals surface area contributed by atoms with Crippen LogP contribution in [0.4, 0.5) is 5.13 Å². The van der Waals surface area contributed by atoms with Gasteiger partial charge in [-0.2, -0.15) is 0 Å². The normalized spacial score (nSPS) is 25.0. The molecule has 126 valence electrons. The van der Waals surface area contributed by atoms with E-state index in [0.717, 1.165) is 43.8 Å². The summed E-state index contributed by atoms with van der Waals surface area (Å²) in [4.78, 5) is 28.3. The van der Waals surface area contributed by atoms with E-state index in [1.165, 1.54) is 11.3 Å². The minimum Gasteiger partial charge on any atom is -0.338 e. The number of nitrogens with zero attached hydrogens (tertiary/aromatic N) is 4. The van der Waals surface area contributed by atoms with Crippen LogP contribution < -0.4 is 5.32 Å². The highest BCUT2D eigenvalue weighted by Gasteiger charge is 2.39. The zero-order valence-corrected chi connectivity index (χ0v) is 14.4. The molecule has 0 radical (unpaired) electrons. The summed E-state index contributed by atoms with van der Waals surface area (Å²) in [7, 11) is 0. The average Bonchev–Trinajstić information content (AvgIpc) is 3.18. The molecule has 2 aliphatic heterocycles. The number of hydrogen-bond donors (Lipinski definition) is 1. The molecule has 3 heterocycles. The number of carbonyl (C=O) groups is 2. The number of aromatic nitrogens is 2. The van der Waals surface area contributed by atoms with Crippen LogP contribution in [-0.4, -0.2) is 63.5 Å². The van der Waals surface area contributed by atoms with Gasteiger partial charge in [-0.1, -0.05) is 11.3 Å². The fraction of sp³-hybridized carbons (Fsp3) is 0.733. The number of hydrogen-bond acceptors (Lipinski definition) is 6. The first-order valence-electron chi connectivity index (χ1n) is 8.16. The third kappa shape index (κ3) is 3.69. The van der Waals surface area contributed by atoms with Crippen molar-refractivity contribution in [1.29, 1.82) is 0 Å². The standard InChI is InChI=1S/C15H23N5O2S/c1-10-17-18-15(23-10)16-14(22)9-19-7-3-5-12(19)13-6-4-8-20(13)11(2)21/h12-13H,3-9H2,1-2H3,(H,16,18,22)/t12-,13-/m1/s1. The molecule has 2 saturated heterocycles. The topological polar surface area (TPSA) is 78.4 Å². The lowest BCUT2D eigenvalue weighted by Gasteiger charge is -2.34. The number of anilines is 1. The molecule has 0 spiro atoms. The number of amides is 2. The van der Waals surface area contributed by atoms with Gasteiger partial charge in [0, 0.05) is 25.6 Å². The molecular weight excluding hydrogens is 314 g/mol. The summed E-state index contributed by atoms with van der Waals surface area (Å²) >= 11 is 1.38. The second kappa shape index (κ2) is 6.92. The molecule has 23 heavy (non-hydrogen) atoms. The molecule has 2 aliphatic rings. The van der Waals surface area contributed by atoms with Gasteiger partial charge in [0.15, 0.2) is 0 Å². The fourth-order valence-electron chi connectivity index (χ4n) is 3.76. The molecule has 8 heteroatoms. The third-order valence-electron chi connectivity index (χ3n) is 4.68. The number of aryl methyl sites for hydroxylation is 1. The quantitative estimate of drug-likeness (QED) is 0.895. The van der Waals surface area contributed by atoms with E-state index in [-0.39, 0.29) is 17.9 Å². The second-order valence-electron chi connectivity index (χ2n) is 6.28. The van der Waals surface area contributed by atoms with Crippen molar-refractivity contribution in [2.24, 2.45) is 0 Å². The van der Waals surface area contributed by atoms with Gasteiger partial charge in [0.05, 0.1) is 6.54 Å². The smallest absolute Gasteiger partial charge is 0.240 e. The van der Waals surface area contributed by atoms with Crippen molar-refractivity contribution in [3.63, 3.8) is 0 Å². The van der Waals surface area contributed by atoms with E-state index >= 15 is 0 Å². The van der Waals surface area contributed by atoms with Crippen LogP contribution in [0.15, 0.2) is 0 Å². The number of carbonyl (C=O) groups excluding carboxylic acids is 2. The number of rotatable bonds is 4. The first-order chi connectivity index (χ1) is 11.0. The Balaban J connectivity index is 1.60. The molecule has 2 amide bonds. The molecule has 0 aliphatic carbocycles. The summed E-state index contributed by atoms with van der Waals surface area (Å²) in [6.07, 6.45) is 4.24. The molecule has 0 aromatic carbocycles. The Morgan fingerprint density at radius 1 is 1.22 bits per heavy atom. The Hall–Kier alpha value is -1.54. The molecule has 1 aromatic heterocycles. The van der Waals surface area contributed by atoms with Crippen LogP contribution >= 0.6 is 11.3 Å². The van der Waals surface area contributed by atoms with Crippen LogP contribution in [0, 0.1) is 6.92 Å². The Morgan fingerprint density at radius 2 is 1.96 bits per heavy atom. The van der Waals surface area contributed by atoms with Crippen molar-refractivity contribution in [3.05, 3.63) is 5.01 Å². The summed E-state index contributed by atoms with van der Waals surface area (Å²) in [6.45, 7) is 5.62. The largest absolute Gasteiger partial charge is 0.338 e. The van der Waals surface area contributed by atoms with Crippen LogP contribution in [0.5, 0.6) is 0 Å². The summed E-state index contributed by atoms with van der Waals surface area (Å²) in [5.41, 5.74) is 0. The Labute approximate surface area is 140 Å². The molecule has 3 rings (SSSR count). The number of likely N-dealkylation sites (tertiary alicyclic amines) is 2. The Morgan fingerprint density at radius 3 is 2.65 bits per heavy atom. The van der Waals surface area contributed by atoms with Gasteiger partial charge in [-0.3, -0.25) is 19.8 Å². The van der Waals surface area contributed by atoms with E-state index in [1.54, 1.807) is 6.92 Å². The highest BCUT2D eigenvalue weighted by Crippen LogP contribution is 2.30. The Kier molecular flexibility index (Phi) is 4.91. The average molecular weight is 337 g/mol. The van der Waals surface area contributed by atoms with E-state index in [0.29, 0.717) is 17.7 Å². The minimum absolute atomic E-state index is 0.0552. The molecule has 2 atom stereocenters. The maximum Gasteiger partial charge on any atom is 0.240 e. The zero-order valence-electron chi connectivity index (χ0n) is 13.6. The number of nitrogens with one attached hydrogen (secondary N) is 1. The van der Waals surface area contributed by atoms with Gasteiger partial charge in [-0.15, -0.1) is 10.2 Å². The van der Waals surface area contributed by atoms with Crippen molar-refractivity contribution < 1.29 is 9.59 Å². The summed E-state index contributed by atoms with van der Waals surface area (Å²) < 4.78 is 0. The predicted molar refractivity (Wildman–Crippen MR) is 88.3 cm³/mol. The molecule has 0 unspecified atom stereocenters. The van der Waals surface area contributed by atoms with E-state index < -0.39 is 0 Å². The summed E-state index contributed by atoms with van der Waals surface area (Å²) in [5.74, 6) is 0.0913. The highest BCUT2D eigenvalue weighted by molar-refractivity contribution is 7.15. The van der Waals surface area contributed by atoms with Gasteiger partial charge < -0.3 is 4.90 Å². The summed E-state index contributed by atoms with van der Waals surface area (Å²) in [5, 5.41) is 12.0. The van der Waals surface area contributed by atoms with Crippen LogP contribution in [0.2, 0.25) is 0 Å². The fourth-order valence-corrected chi connectivity index (χ4v) is 4.37. The molecular formula is C15H23N5O2S. The van der Waals surface area contributed by atoms with Crippen molar-refractivity contribution >= 4 is 28.3 Å². The van der Waals surface area contributed by atoms with Crippen LogP contribution in [-0.2, 0) is 9.59 Å². The predicted octanol–water partition coefficient (Wildman–Crippen LogP) is 1.26. The van der Waals surface area contributed by atoms with Gasteiger partial charge in [0.1, 0.15) is 5.01 Å². The molecule has 1 N–H and O–H groups in total. The minimum atomic E-state index is -0.0552. The van der Waals surface area contributed by atoms with Crippen LogP contribution in [0.1, 0.15) is 37.6 Å². The monoisotopic (exact) mass is 337 g/mol. The third-order valence-corrected chi connectivity index (χ3v) is 5.44. The first kappa shape index (κ1) is 16.3. The van der Waals surface area contributed by atoms with E-state index in [4.69, 9.17) is 0 Å². The Bertz CT molecular complexity index is 590. The molecule has 7 nitrogen and oxygen atoms in total. The van der Waals surface area contributed by atoms with Gasteiger partial charge in [0.25, 0.3) is 0 Å². The van der Waals surface area contributed by atoms with E-state index in [1.807, 2.05) is 11.8 Å². The first-order valence-corrected chi connectivity index (χ1v) is 8.97. The van der Waals surface area contributed by atoms with E-state index in [2.05, 4.69) is 20.4 Å². The van der Waals surface area contributed by atoms with Crippen molar-refractivity contribution in [1.82, 2.24) is 20.0 Å². The molecule has 1 aromatic rings. The lowest BCUT2D eigenvalue weighted by atomic mass is 10.0. The van der Waals surface area contributed by atoms with Crippen LogP contribution in [0.25, 0.3) is 0 Å².